The Morgan fingerprint density at radius 2 is 1.97 bits per heavy atom. The molecule has 2 aromatic heterocycles. The van der Waals surface area contributed by atoms with Crippen LogP contribution in [0, 0.1) is 12.7 Å². The van der Waals surface area contributed by atoms with E-state index in [1.54, 1.807) is 12.3 Å². The number of halogens is 1. The van der Waals surface area contributed by atoms with Crippen LogP contribution < -0.4 is 0 Å². The van der Waals surface area contributed by atoms with Gasteiger partial charge in [0.2, 0.25) is 0 Å². The number of nitrogens with zero attached hydrogens (tertiary/aromatic N) is 3. The van der Waals surface area contributed by atoms with Crippen LogP contribution in [0.4, 0.5) is 4.39 Å². The number of aryl methyl sites for hydroxylation is 1. The Balaban J connectivity index is 1.52. The highest BCUT2D eigenvalue weighted by Crippen LogP contribution is 2.28. The summed E-state index contributed by atoms with van der Waals surface area (Å²) < 4.78 is 13.2. The fraction of sp³-hybridized carbons (Fsp3) is 0.292. The van der Waals surface area contributed by atoms with Crippen molar-refractivity contribution in [3.8, 4) is 0 Å². The Kier molecular flexibility index (Phi) is 5.65. The number of piperidine rings is 1. The molecule has 1 aromatic carbocycles. The van der Waals surface area contributed by atoms with E-state index < -0.39 is 0 Å². The zero-order valence-corrected chi connectivity index (χ0v) is 16.5. The zero-order valence-electron chi connectivity index (χ0n) is 16.5. The van der Waals surface area contributed by atoms with Crippen molar-refractivity contribution in [1.82, 2.24) is 14.9 Å². The second-order valence-electron chi connectivity index (χ2n) is 7.65. The molecule has 1 amide bonds. The fourth-order valence-corrected chi connectivity index (χ4v) is 3.97. The molecule has 0 aliphatic carbocycles. The minimum atomic E-state index is -0.222. The molecule has 29 heavy (non-hydrogen) atoms. The summed E-state index contributed by atoms with van der Waals surface area (Å²) in [5.41, 5.74) is 4.71. The summed E-state index contributed by atoms with van der Waals surface area (Å²) >= 11 is 0. The average Bonchev–Trinajstić information content (AvgIpc) is 2.75. The second kappa shape index (κ2) is 8.52. The summed E-state index contributed by atoms with van der Waals surface area (Å²) in [4.78, 5) is 23.6. The average molecular weight is 389 g/mol. The molecule has 5 heteroatoms. The van der Waals surface area contributed by atoms with Crippen LogP contribution in [0.2, 0.25) is 0 Å². The van der Waals surface area contributed by atoms with Crippen molar-refractivity contribution < 1.29 is 9.18 Å². The van der Waals surface area contributed by atoms with Gasteiger partial charge in [0.05, 0.1) is 0 Å². The Hall–Kier alpha value is -3.08. The lowest BCUT2D eigenvalue weighted by atomic mass is 9.92. The Labute approximate surface area is 170 Å². The maximum absolute atomic E-state index is 13.2. The summed E-state index contributed by atoms with van der Waals surface area (Å²) in [6, 6.07) is 16.2. The Bertz CT molecular complexity index is 989. The van der Waals surface area contributed by atoms with Crippen LogP contribution in [0.25, 0.3) is 0 Å². The maximum atomic E-state index is 13.2. The first kappa shape index (κ1) is 19.2. The number of aromatic nitrogens is 2. The first-order valence-electron chi connectivity index (χ1n) is 10.0. The zero-order chi connectivity index (χ0) is 20.2. The minimum Gasteiger partial charge on any atom is -0.337 e. The molecule has 0 bridgehead atoms. The highest BCUT2D eigenvalue weighted by atomic mass is 19.1. The molecule has 0 saturated carbocycles. The number of pyridine rings is 2. The number of amides is 1. The van der Waals surface area contributed by atoms with E-state index in [1.165, 1.54) is 12.1 Å². The number of carbonyl (C=O) groups excluding carboxylic acids is 1. The van der Waals surface area contributed by atoms with E-state index in [0.717, 1.165) is 48.3 Å². The molecule has 148 valence electrons. The molecule has 0 unspecified atom stereocenters. The van der Waals surface area contributed by atoms with Gasteiger partial charge in [-0.25, -0.2) is 4.39 Å². The van der Waals surface area contributed by atoms with E-state index in [1.807, 2.05) is 36.1 Å². The van der Waals surface area contributed by atoms with Crippen molar-refractivity contribution in [2.75, 3.05) is 13.1 Å². The topological polar surface area (TPSA) is 46.1 Å². The second-order valence-corrected chi connectivity index (χ2v) is 7.65. The van der Waals surface area contributed by atoms with Gasteiger partial charge in [-0.05, 0) is 73.7 Å². The molecule has 1 aliphatic heterocycles. The quantitative estimate of drug-likeness (QED) is 0.658. The highest BCUT2D eigenvalue weighted by Gasteiger charge is 2.27. The first-order valence-corrected chi connectivity index (χ1v) is 10.0. The molecule has 1 fully saturated rings. The van der Waals surface area contributed by atoms with E-state index in [2.05, 4.69) is 17.1 Å². The van der Waals surface area contributed by atoms with Crippen molar-refractivity contribution in [1.29, 1.82) is 0 Å². The van der Waals surface area contributed by atoms with Crippen LogP contribution in [0.5, 0.6) is 0 Å². The fourth-order valence-electron chi connectivity index (χ4n) is 3.97. The number of rotatable bonds is 4. The van der Waals surface area contributed by atoms with E-state index in [0.29, 0.717) is 12.2 Å². The smallest absolute Gasteiger partial charge is 0.272 e. The van der Waals surface area contributed by atoms with Crippen LogP contribution >= 0.6 is 0 Å². The van der Waals surface area contributed by atoms with Crippen LogP contribution in [-0.4, -0.2) is 33.9 Å². The van der Waals surface area contributed by atoms with Crippen molar-refractivity contribution in [3.63, 3.8) is 0 Å². The Morgan fingerprint density at radius 1 is 1.14 bits per heavy atom. The monoisotopic (exact) mass is 389 g/mol. The third-order valence-corrected chi connectivity index (χ3v) is 5.37. The van der Waals surface area contributed by atoms with Gasteiger partial charge in [-0.1, -0.05) is 18.2 Å². The summed E-state index contributed by atoms with van der Waals surface area (Å²) in [7, 11) is 0. The third kappa shape index (κ3) is 4.67. The van der Waals surface area contributed by atoms with Gasteiger partial charge in [-0.15, -0.1) is 0 Å². The molecule has 4 nitrogen and oxygen atoms in total. The molecular weight excluding hydrogens is 365 g/mol. The van der Waals surface area contributed by atoms with Crippen molar-refractivity contribution in [2.45, 2.75) is 32.1 Å². The lowest BCUT2D eigenvalue weighted by Crippen LogP contribution is -2.39. The number of likely N-dealkylation sites (tertiary alicyclic amines) is 1. The van der Waals surface area contributed by atoms with Crippen LogP contribution in [-0.2, 0) is 6.42 Å². The highest BCUT2D eigenvalue weighted by molar-refractivity contribution is 5.92. The van der Waals surface area contributed by atoms with E-state index in [9.17, 15) is 9.18 Å². The third-order valence-electron chi connectivity index (χ3n) is 5.37. The summed E-state index contributed by atoms with van der Waals surface area (Å²) in [6.07, 6.45) is 4.35. The molecule has 0 N–H and O–H groups in total. The van der Waals surface area contributed by atoms with E-state index >= 15 is 0 Å². The molecule has 3 aromatic rings. The van der Waals surface area contributed by atoms with Crippen LogP contribution in [0.15, 0.2) is 60.8 Å². The van der Waals surface area contributed by atoms with Gasteiger partial charge in [0.25, 0.3) is 5.91 Å². The molecule has 1 atom stereocenters. The Morgan fingerprint density at radius 3 is 2.72 bits per heavy atom. The van der Waals surface area contributed by atoms with Gasteiger partial charge in [0, 0.05) is 36.6 Å². The normalized spacial score (nSPS) is 16.6. The minimum absolute atomic E-state index is 0.0190. The number of carbonyl (C=O) groups is 1. The van der Waals surface area contributed by atoms with Gasteiger partial charge in [0.1, 0.15) is 11.5 Å². The summed E-state index contributed by atoms with van der Waals surface area (Å²) in [5, 5.41) is 0. The van der Waals surface area contributed by atoms with Crippen LogP contribution in [0.3, 0.4) is 0 Å². The molecule has 3 heterocycles. The SMILES string of the molecule is Cc1cc(Cc2ccc(F)cc2)cc([C@H]2CCCN(C(=O)c3ccccn3)C2)n1. The molecule has 1 aliphatic rings. The van der Waals surface area contributed by atoms with Gasteiger partial charge >= 0.3 is 0 Å². The molecule has 0 spiro atoms. The first-order chi connectivity index (χ1) is 14.1. The predicted octanol–water partition coefficient (Wildman–Crippen LogP) is 4.53. The van der Waals surface area contributed by atoms with Gasteiger partial charge in [-0.3, -0.25) is 14.8 Å². The molecule has 4 rings (SSSR count). The number of hydrogen-bond acceptors (Lipinski definition) is 3. The molecular formula is C24H24FN3O. The molecule has 1 saturated heterocycles. The molecule has 0 radical (unpaired) electrons. The lowest BCUT2D eigenvalue weighted by molar-refractivity contribution is 0.0700. The maximum Gasteiger partial charge on any atom is 0.272 e. The number of hydrogen-bond donors (Lipinski definition) is 0. The van der Waals surface area contributed by atoms with E-state index in [4.69, 9.17) is 4.98 Å². The standard InChI is InChI=1S/C24H24FN3O/c1-17-13-19(14-18-7-9-21(25)10-8-18)15-23(27-17)20-5-4-12-28(16-20)24(29)22-6-2-3-11-26-22/h2-3,6-11,13,15,20H,4-5,12,14,16H2,1H3/t20-/m0/s1. The predicted molar refractivity (Wildman–Crippen MR) is 110 cm³/mol. The van der Waals surface area contributed by atoms with Gasteiger partial charge < -0.3 is 4.90 Å². The lowest BCUT2D eigenvalue weighted by Gasteiger charge is -2.32. The largest absolute Gasteiger partial charge is 0.337 e. The van der Waals surface area contributed by atoms with Crippen molar-refractivity contribution in [3.05, 3.63) is 94.8 Å². The summed E-state index contributed by atoms with van der Waals surface area (Å²) in [6.45, 7) is 3.40. The van der Waals surface area contributed by atoms with Gasteiger partial charge in [0.15, 0.2) is 0 Å². The van der Waals surface area contributed by atoms with E-state index in [-0.39, 0.29) is 17.6 Å². The van der Waals surface area contributed by atoms with Crippen LogP contribution in [0.1, 0.15) is 51.8 Å². The summed E-state index contributed by atoms with van der Waals surface area (Å²) in [5.74, 6) is -0.0296. The van der Waals surface area contributed by atoms with Crippen molar-refractivity contribution >= 4 is 5.91 Å². The van der Waals surface area contributed by atoms with Gasteiger partial charge in [-0.2, -0.15) is 0 Å². The number of benzene rings is 1. The van der Waals surface area contributed by atoms with Crippen molar-refractivity contribution in [2.24, 2.45) is 0 Å².